The molecule has 0 aromatic carbocycles. The smallest absolute Gasteiger partial charge is 0.246 e. The highest BCUT2D eigenvalue weighted by atomic mass is 35.5. The molecule has 0 unspecified atom stereocenters. The van der Waals surface area contributed by atoms with Gasteiger partial charge in [-0.1, -0.05) is 17.7 Å². The lowest BCUT2D eigenvalue weighted by molar-refractivity contribution is -0.127. The first-order valence-corrected chi connectivity index (χ1v) is 7.30. The van der Waals surface area contributed by atoms with Crippen molar-refractivity contribution < 1.29 is 9.90 Å². The molecule has 0 bridgehead atoms. The number of aliphatic hydroxyl groups is 1. The SMILES string of the molecule is O=C(/C=C/c1c(Cl)nc2ccccn12)N1CCC[C@@H]1CO. The molecule has 0 radical (unpaired) electrons. The molecule has 0 aliphatic carbocycles. The van der Waals surface area contributed by atoms with Crippen LogP contribution in [0.25, 0.3) is 11.7 Å². The molecule has 2 aromatic rings. The third kappa shape index (κ3) is 2.66. The molecule has 1 saturated heterocycles. The van der Waals surface area contributed by atoms with Crippen LogP contribution in [0.15, 0.2) is 30.5 Å². The summed E-state index contributed by atoms with van der Waals surface area (Å²) in [5.74, 6) is -0.103. The van der Waals surface area contributed by atoms with Gasteiger partial charge in [0.25, 0.3) is 0 Å². The second kappa shape index (κ2) is 5.87. The second-order valence-electron chi connectivity index (χ2n) is 5.06. The fourth-order valence-electron chi connectivity index (χ4n) is 2.70. The number of hydrogen-bond acceptors (Lipinski definition) is 3. The minimum Gasteiger partial charge on any atom is -0.394 e. The van der Waals surface area contributed by atoms with E-state index in [1.807, 2.05) is 28.8 Å². The van der Waals surface area contributed by atoms with Gasteiger partial charge in [0, 0.05) is 18.8 Å². The number of aromatic nitrogens is 2. The van der Waals surface area contributed by atoms with Crippen LogP contribution in [-0.2, 0) is 4.79 Å². The Morgan fingerprint density at radius 1 is 1.52 bits per heavy atom. The second-order valence-corrected chi connectivity index (χ2v) is 5.42. The first kappa shape index (κ1) is 14.1. The van der Waals surface area contributed by atoms with E-state index in [4.69, 9.17) is 11.6 Å². The van der Waals surface area contributed by atoms with Crippen LogP contribution >= 0.6 is 11.6 Å². The van der Waals surface area contributed by atoms with Crippen molar-refractivity contribution in [2.45, 2.75) is 18.9 Å². The molecule has 1 amide bonds. The van der Waals surface area contributed by atoms with Gasteiger partial charge < -0.3 is 10.0 Å². The van der Waals surface area contributed by atoms with E-state index in [0.29, 0.717) is 17.4 Å². The zero-order valence-electron chi connectivity index (χ0n) is 11.4. The lowest BCUT2D eigenvalue weighted by Gasteiger charge is -2.21. The molecule has 1 atom stereocenters. The first-order valence-electron chi connectivity index (χ1n) is 6.93. The van der Waals surface area contributed by atoms with Crippen LogP contribution in [0.2, 0.25) is 5.15 Å². The van der Waals surface area contributed by atoms with Crippen LogP contribution in [0.4, 0.5) is 0 Å². The number of fused-ring (bicyclic) bond motifs is 1. The number of amides is 1. The Morgan fingerprint density at radius 2 is 2.38 bits per heavy atom. The number of imidazole rings is 1. The van der Waals surface area contributed by atoms with Crippen molar-refractivity contribution >= 4 is 29.2 Å². The molecule has 21 heavy (non-hydrogen) atoms. The first-order chi connectivity index (χ1) is 10.2. The number of pyridine rings is 1. The van der Waals surface area contributed by atoms with Gasteiger partial charge in [-0.3, -0.25) is 9.20 Å². The van der Waals surface area contributed by atoms with Crippen molar-refractivity contribution in [3.05, 3.63) is 41.3 Å². The normalized spacial score (nSPS) is 19.0. The Morgan fingerprint density at radius 3 is 3.19 bits per heavy atom. The highest BCUT2D eigenvalue weighted by Gasteiger charge is 2.26. The molecule has 2 aromatic heterocycles. The molecular weight excluding hydrogens is 290 g/mol. The largest absolute Gasteiger partial charge is 0.394 e. The number of rotatable bonds is 3. The molecule has 1 aliphatic rings. The van der Waals surface area contributed by atoms with E-state index in [-0.39, 0.29) is 18.6 Å². The van der Waals surface area contributed by atoms with Crippen LogP contribution < -0.4 is 0 Å². The summed E-state index contributed by atoms with van der Waals surface area (Å²) >= 11 is 6.12. The van der Waals surface area contributed by atoms with Crippen molar-refractivity contribution in [1.29, 1.82) is 0 Å². The predicted molar refractivity (Wildman–Crippen MR) is 81.1 cm³/mol. The maximum absolute atomic E-state index is 12.2. The third-order valence-corrected chi connectivity index (χ3v) is 4.05. The number of nitrogens with zero attached hydrogens (tertiary/aromatic N) is 3. The van der Waals surface area contributed by atoms with Crippen LogP contribution in [0.3, 0.4) is 0 Å². The van der Waals surface area contributed by atoms with Crippen molar-refractivity contribution in [1.82, 2.24) is 14.3 Å². The highest BCUT2D eigenvalue weighted by Crippen LogP contribution is 2.20. The monoisotopic (exact) mass is 305 g/mol. The predicted octanol–water partition coefficient (Wildman–Crippen LogP) is 1.98. The number of likely N-dealkylation sites (tertiary alicyclic amines) is 1. The number of hydrogen-bond donors (Lipinski definition) is 1. The summed E-state index contributed by atoms with van der Waals surface area (Å²) in [6.45, 7) is 0.700. The summed E-state index contributed by atoms with van der Waals surface area (Å²) in [4.78, 5) is 18.1. The average Bonchev–Trinajstić information content (AvgIpc) is 3.08. The van der Waals surface area contributed by atoms with Crippen molar-refractivity contribution in [3.63, 3.8) is 0 Å². The molecule has 1 fully saturated rings. The zero-order valence-corrected chi connectivity index (χ0v) is 12.2. The third-order valence-electron chi connectivity index (χ3n) is 3.78. The summed E-state index contributed by atoms with van der Waals surface area (Å²) in [6.07, 6.45) is 6.81. The Hall–Kier alpha value is -1.85. The van der Waals surface area contributed by atoms with Gasteiger partial charge in [-0.2, -0.15) is 0 Å². The minimum atomic E-state index is -0.103. The van der Waals surface area contributed by atoms with Gasteiger partial charge >= 0.3 is 0 Å². The molecule has 5 nitrogen and oxygen atoms in total. The van der Waals surface area contributed by atoms with E-state index >= 15 is 0 Å². The molecular formula is C15H16ClN3O2. The summed E-state index contributed by atoms with van der Waals surface area (Å²) in [5, 5.41) is 9.64. The van der Waals surface area contributed by atoms with Gasteiger partial charge in [-0.15, -0.1) is 0 Å². The van der Waals surface area contributed by atoms with Gasteiger partial charge in [0.2, 0.25) is 5.91 Å². The highest BCUT2D eigenvalue weighted by molar-refractivity contribution is 6.31. The van der Waals surface area contributed by atoms with E-state index in [9.17, 15) is 9.90 Å². The Labute approximate surface area is 127 Å². The maximum Gasteiger partial charge on any atom is 0.246 e. The molecule has 0 saturated carbocycles. The molecule has 0 spiro atoms. The lowest BCUT2D eigenvalue weighted by atomic mass is 10.2. The lowest BCUT2D eigenvalue weighted by Crippen LogP contribution is -2.36. The van der Waals surface area contributed by atoms with E-state index in [2.05, 4.69) is 4.98 Å². The number of carbonyl (C=O) groups is 1. The minimum absolute atomic E-state index is 0.00987. The molecule has 110 valence electrons. The van der Waals surface area contributed by atoms with E-state index in [1.54, 1.807) is 11.0 Å². The quantitative estimate of drug-likeness (QED) is 0.882. The summed E-state index contributed by atoms with van der Waals surface area (Å²) < 4.78 is 1.83. The van der Waals surface area contributed by atoms with Crippen molar-refractivity contribution in [2.24, 2.45) is 0 Å². The van der Waals surface area contributed by atoms with Crippen LogP contribution in [-0.4, -0.2) is 44.5 Å². The van der Waals surface area contributed by atoms with Crippen LogP contribution in [0.5, 0.6) is 0 Å². The number of aliphatic hydroxyl groups excluding tert-OH is 1. The average molecular weight is 306 g/mol. The van der Waals surface area contributed by atoms with Gasteiger partial charge in [-0.05, 0) is 31.1 Å². The van der Waals surface area contributed by atoms with E-state index in [1.165, 1.54) is 6.08 Å². The maximum atomic E-state index is 12.2. The van der Waals surface area contributed by atoms with E-state index < -0.39 is 0 Å². The molecule has 3 rings (SSSR count). The van der Waals surface area contributed by atoms with Gasteiger partial charge in [0.15, 0.2) is 5.15 Å². The van der Waals surface area contributed by atoms with Crippen molar-refractivity contribution in [3.8, 4) is 0 Å². The standard InChI is InChI=1S/C15H16ClN3O2/c16-15-12(19-8-2-1-5-13(19)17-15)6-7-14(21)18-9-3-4-11(18)10-20/h1-2,5-8,11,20H,3-4,9-10H2/b7-6+/t11-/m1/s1. The fraction of sp³-hybridized carbons (Fsp3) is 0.333. The Balaban J connectivity index is 1.84. The fourth-order valence-corrected chi connectivity index (χ4v) is 2.94. The van der Waals surface area contributed by atoms with Gasteiger partial charge in [-0.25, -0.2) is 4.98 Å². The number of halogens is 1. The number of carbonyl (C=O) groups excluding carboxylic acids is 1. The van der Waals surface area contributed by atoms with Gasteiger partial charge in [0.05, 0.1) is 18.3 Å². The molecule has 6 heteroatoms. The van der Waals surface area contributed by atoms with Gasteiger partial charge in [0.1, 0.15) is 5.65 Å². The topological polar surface area (TPSA) is 57.8 Å². The Kier molecular flexibility index (Phi) is 3.94. The molecule has 3 heterocycles. The van der Waals surface area contributed by atoms with Crippen LogP contribution in [0.1, 0.15) is 18.5 Å². The van der Waals surface area contributed by atoms with Crippen LogP contribution in [0, 0.1) is 0 Å². The van der Waals surface area contributed by atoms with E-state index in [0.717, 1.165) is 18.5 Å². The van der Waals surface area contributed by atoms with Crippen molar-refractivity contribution in [2.75, 3.05) is 13.2 Å². The molecule has 1 aliphatic heterocycles. The summed E-state index contributed by atoms with van der Waals surface area (Å²) in [5.41, 5.74) is 1.42. The zero-order chi connectivity index (χ0) is 14.8. The Bertz CT molecular complexity index is 695. The molecule has 1 N–H and O–H groups in total. The summed E-state index contributed by atoms with van der Waals surface area (Å²) in [6, 6.07) is 5.55. The summed E-state index contributed by atoms with van der Waals surface area (Å²) in [7, 11) is 0.